The summed E-state index contributed by atoms with van der Waals surface area (Å²) in [5.74, 6) is 3.25. The molecule has 0 radical (unpaired) electrons. The predicted molar refractivity (Wildman–Crippen MR) is 304 cm³/mol. The highest BCUT2D eigenvalue weighted by atomic mass is 32.2. The number of hydrogen-bond donors (Lipinski definition) is 3. The molecule has 4 aromatic carbocycles. The number of anilines is 3. The van der Waals surface area contributed by atoms with E-state index in [2.05, 4.69) is 140 Å². The summed E-state index contributed by atoms with van der Waals surface area (Å²) >= 11 is 3.77. The standard InChI is InChI=1S/C62H72N6O4S2/c69-57(29-9-7-17-38-66-40-32-44-46-43-73-55-27-13-11-21-47(55)63-37-31-51(46)71-52-25-19-23-49(66)59(44)52)64-35-15-5-3-1-2-4-6-16-36-65-58(70)30-10-8-18-39-67-41-33-45-60-50(67)24-20-26-53(60)72-54-34-42-68-48-22-12-14-28-56(48)74-62(68)61(45)54/h11-14,19-28,32-33,40-41,51,54,63H,1-10,15-18,29-31,34-39,42-43H2,(H-,64,65,69,70)/p+1. The molecule has 0 fully saturated rings. The lowest BCUT2D eigenvalue weighted by atomic mass is 9.89. The fourth-order valence-corrected chi connectivity index (χ4v) is 14.2. The second-order valence-electron chi connectivity index (χ2n) is 20.8. The molecule has 2 amide bonds. The quantitative estimate of drug-likeness (QED) is 0.0436. The van der Waals surface area contributed by atoms with Crippen molar-refractivity contribution in [2.24, 2.45) is 0 Å². The van der Waals surface area contributed by atoms with Crippen molar-refractivity contribution in [3.63, 3.8) is 0 Å². The maximum Gasteiger partial charge on any atom is 0.219 e. The minimum Gasteiger partial charge on any atom is -0.485 e. The molecular formula is C62H73N6O4S2+. The minimum absolute atomic E-state index is 0.0710. The van der Waals surface area contributed by atoms with E-state index in [4.69, 9.17) is 9.47 Å². The summed E-state index contributed by atoms with van der Waals surface area (Å²) in [7, 11) is 0. The average molecular weight is 1030 g/mol. The Bertz CT molecular complexity index is 2930. The molecule has 0 saturated carbocycles. The lowest BCUT2D eigenvalue weighted by molar-refractivity contribution is -0.671. The zero-order valence-corrected chi connectivity index (χ0v) is 44.6. The highest BCUT2D eigenvalue weighted by Gasteiger charge is 2.41. The van der Waals surface area contributed by atoms with Crippen molar-refractivity contribution in [3.8, 4) is 11.5 Å². The predicted octanol–water partition coefficient (Wildman–Crippen LogP) is 13.2. The number of aromatic nitrogens is 1. The van der Waals surface area contributed by atoms with Crippen LogP contribution in [0, 0.1) is 0 Å². The number of aryl methyl sites for hydroxylation is 1. The first-order chi connectivity index (χ1) is 36.6. The SMILES string of the molecule is O=C(CCCCCN1C=CC2=C3CSc4ccccc4NCCC3Oc3cccc1c32)NCCCCCCCCCCNC(=O)CCCCC[n+]1ccc2c3c(cccc31)OC1CCN3C(=C21)Sc1ccccc13. The number of para-hydroxylation sites is 2. The van der Waals surface area contributed by atoms with E-state index in [-0.39, 0.29) is 24.0 Å². The first kappa shape index (κ1) is 50.3. The molecule has 0 aliphatic carbocycles. The van der Waals surface area contributed by atoms with Crippen LogP contribution in [0.3, 0.4) is 0 Å². The number of fused-ring (bicyclic) bond motifs is 7. The van der Waals surface area contributed by atoms with Crippen molar-refractivity contribution in [2.75, 3.05) is 53.6 Å². The summed E-state index contributed by atoms with van der Waals surface area (Å²) in [4.78, 5) is 32.7. The van der Waals surface area contributed by atoms with Gasteiger partial charge in [-0.2, -0.15) is 4.57 Å². The third kappa shape index (κ3) is 11.4. The summed E-state index contributed by atoms with van der Waals surface area (Å²) < 4.78 is 15.8. The zero-order valence-electron chi connectivity index (χ0n) is 43.0. The number of benzene rings is 4. The molecule has 386 valence electrons. The monoisotopic (exact) mass is 1030 g/mol. The van der Waals surface area contributed by atoms with Gasteiger partial charge in [-0.25, -0.2) is 0 Å². The molecule has 74 heavy (non-hydrogen) atoms. The fourth-order valence-electron chi connectivity index (χ4n) is 11.8. The first-order valence-electron chi connectivity index (χ1n) is 28.0. The maximum absolute atomic E-state index is 12.6. The van der Waals surface area contributed by atoms with E-state index in [0.29, 0.717) is 12.8 Å². The summed E-state index contributed by atoms with van der Waals surface area (Å²) in [5.41, 5.74) is 11.5. The molecule has 0 saturated heterocycles. The molecule has 12 heteroatoms. The van der Waals surface area contributed by atoms with Gasteiger partial charge in [0.15, 0.2) is 6.20 Å². The Kier molecular flexibility index (Phi) is 16.5. The van der Waals surface area contributed by atoms with Gasteiger partial charge >= 0.3 is 0 Å². The molecule has 0 spiro atoms. The minimum atomic E-state index is 0.0710. The smallest absolute Gasteiger partial charge is 0.219 e. The van der Waals surface area contributed by atoms with Crippen LogP contribution in [0.4, 0.5) is 17.1 Å². The second kappa shape index (κ2) is 24.2. The molecule has 3 N–H and O–H groups in total. The molecule has 5 aromatic rings. The Morgan fingerprint density at radius 1 is 0.676 bits per heavy atom. The summed E-state index contributed by atoms with van der Waals surface area (Å²) in [6.45, 7) is 5.24. The summed E-state index contributed by atoms with van der Waals surface area (Å²) in [6, 6.07) is 32.6. The van der Waals surface area contributed by atoms with Gasteiger partial charge in [-0.15, -0.1) is 11.8 Å². The van der Waals surface area contributed by atoms with Gasteiger partial charge in [0.1, 0.15) is 30.3 Å². The molecule has 11 rings (SSSR count). The lowest BCUT2D eigenvalue weighted by Gasteiger charge is -2.37. The Morgan fingerprint density at radius 2 is 1.36 bits per heavy atom. The van der Waals surface area contributed by atoms with Crippen LogP contribution in [0.25, 0.3) is 22.0 Å². The van der Waals surface area contributed by atoms with Gasteiger partial charge in [0.25, 0.3) is 0 Å². The highest BCUT2D eigenvalue weighted by Crippen LogP contribution is 2.54. The molecule has 6 aliphatic rings. The topological polar surface area (TPSA) is 99.1 Å². The van der Waals surface area contributed by atoms with Crippen molar-refractivity contribution in [3.05, 3.63) is 131 Å². The lowest BCUT2D eigenvalue weighted by Crippen LogP contribution is -2.38. The number of nitrogens with zero attached hydrogens (tertiary/aromatic N) is 3. The maximum atomic E-state index is 12.6. The number of allylic oxidation sites excluding steroid dienone is 2. The number of carbonyl (C=O) groups is 2. The van der Waals surface area contributed by atoms with Crippen molar-refractivity contribution in [1.82, 2.24) is 10.6 Å². The number of pyridine rings is 1. The van der Waals surface area contributed by atoms with Crippen LogP contribution < -0.4 is 39.8 Å². The number of nitrogens with one attached hydrogen (secondary N) is 3. The molecule has 6 aliphatic heterocycles. The van der Waals surface area contributed by atoms with E-state index in [1.54, 1.807) is 0 Å². The Morgan fingerprint density at radius 3 is 2.19 bits per heavy atom. The molecule has 1 aromatic heterocycles. The van der Waals surface area contributed by atoms with Crippen LogP contribution in [-0.2, 0) is 16.1 Å². The number of thioether (sulfide) groups is 2. The van der Waals surface area contributed by atoms with E-state index in [0.717, 1.165) is 134 Å². The van der Waals surface area contributed by atoms with Crippen molar-refractivity contribution < 1.29 is 23.6 Å². The van der Waals surface area contributed by atoms with E-state index in [9.17, 15) is 9.59 Å². The van der Waals surface area contributed by atoms with Crippen LogP contribution in [0.15, 0.2) is 130 Å². The Labute approximate surface area is 446 Å². The van der Waals surface area contributed by atoms with Gasteiger partial charge in [-0.1, -0.05) is 93.1 Å². The van der Waals surface area contributed by atoms with Crippen molar-refractivity contribution in [1.29, 1.82) is 0 Å². The van der Waals surface area contributed by atoms with Crippen molar-refractivity contribution in [2.45, 2.75) is 144 Å². The van der Waals surface area contributed by atoms with Gasteiger partial charge in [0.05, 0.1) is 21.8 Å². The normalized spacial score (nSPS) is 17.8. The Balaban J connectivity index is 0.505. The number of carbonyl (C=O) groups excluding carboxylic acids is 2. The number of amides is 2. The molecule has 2 atom stereocenters. The molecular weight excluding hydrogens is 957 g/mol. The van der Waals surface area contributed by atoms with Gasteiger partial charge in [-0.3, -0.25) is 9.59 Å². The fraction of sp³-hybridized carbons (Fsp3) is 0.435. The van der Waals surface area contributed by atoms with E-state index in [1.165, 1.54) is 96.3 Å². The molecule has 10 nitrogen and oxygen atoms in total. The third-order valence-corrected chi connectivity index (χ3v) is 18.0. The van der Waals surface area contributed by atoms with Gasteiger partial charge < -0.3 is 35.2 Å². The van der Waals surface area contributed by atoms with E-state index >= 15 is 0 Å². The average Bonchev–Trinajstić information content (AvgIpc) is 3.85. The van der Waals surface area contributed by atoms with Crippen LogP contribution in [0.5, 0.6) is 11.5 Å². The van der Waals surface area contributed by atoms with E-state index in [1.807, 2.05) is 23.5 Å². The first-order valence-corrected chi connectivity index (χ1v) is 29.8. The van der Waals surface area contributed by atoms with Crippen molar-refractivity contribution >= 4 is 74.4 Å². The number of ether oxygens (including phenoxy) is 2. The second-order valence-corrected chi connectivity index (χ2v) is 22.8. The van der Waals surface area contributed by atoms with Crippen LogP contribution >= 0.6 is 23.5 Å². The summed E-state index contributed by atoms with van der Waals surface area (Å²) in [6.07, 6.45) is 25.3. The number of rotatable bonds is 23. The highest BCUT2D eigenvalue weighted by molar-refractivity contribution is 8.04. The van der Waals surface area contributed by atoms with Gasteiger partial charge in [0.2, 0.25) is 17.3 Å². The largest absolute Gasteiger partial charge is 0.485 e. The number of hydrogen-bond acceptors (Lipinski definition) is 9. The molecule has 0 bridgehead atoms. The Hall–Kier alpha value is -5.85. The van der Waals surface area contributed by atoms with Gasteiger partial charge in [0, 0.05) is 121 Å². The molecule has 2 unspecified atom stereocenters. The van der Waals surface area contributed by atoms with Gasteiger partial charge in [-0.05, 0) is 98.2 Å². The zero-order chi connectivity index (χ0) is 50.1. The van der Waals surface area contributed by atoms with E-state index < -0.39 is 0 Å². The van der Waals surface area contributed by atoms with Crippen LogP contribution in [0.2, 0.25) is 0 Å². The van der Waals surface area contributed by atoms with Crippen LogP contribution in [-0.4, -0.2) is 62.5 Å². The van der Waals surface area contributed by atoms with Crippen LogP contribution in [0.1, 0.15) is 127 Å². The third-order valence-electron chi connectivity index (χ3n) is 15.7. The number of unbranched alkanes of at least 4 members (excludes halogenated alkanes) is 11. The summed E-state index contributed by atoms with van der Waals surface area (Å²) in [5, 5.41) is 12.5. The molecule has 7 heterocycles.